The third kappa shape index (κ3) is 5.55. The zero-order valence-electron chi connectivity index (χ0n) is 24.8. The molecule has 0 fully saturated rings. The third-order valence-corrected chi connectivity index (χ3v) is 10.9. The molecule has 1 atom stereocenters. The van der Waals surface area contributed by atoms with E-state index in [1.807, 2.05) is 35.2 Å². The van der Waals surface area contributed by atoms with E-state index in [9.17, 15) is 22.9 Å². The van der Waals surface area contributed by atoms with Gasteiger partial charge in [-0.2, -0.15) is 0 Å². The van der Waals surface area contributed by atoms with E-state index in [0.29, 0.717) is 53.6 Å². The van der Waals surface area contributed by atoms with Gasteiger partial charge < -0.3 is 19.7 Å². The zero-order chi connectivity index (χ0) is 31.9. The molecule has 1 N–H and O–H groups in total. The summed E-state index contributed by atoms with van der Waals surface area (Å²) in [6.07, 6.45) is 0.498. The minimum atomic E-state index is -1.48. The fraction of sp³-hybridized carbons (Fsp3) is 0.171. The number of thiophene rings is 1. The van der Waals surface area contributed by atoms with Crippen molar-refractivity contribution in [2.75, 3.05) is 34.0 Å². The van der Waals surface area contributed by atoms with Crippen molar-refractivity contribution in [1.82, 2.24) is 4.98 Å². The van der Waals surface area contributed by atoms with Gasteiger partial charge in [-0.05, 0) is 72.0 Å². The van der Waals surface area contributed by atoms with Crippen LogP contribution in [0.5, 0.6) is 0 Å². The van der Waals surface area contributed by atoms with E-state index in [1.54, 1.807) is 54.3 Å². The van der Waals surface area contributed by atoms with Crippen LogP contribution in [0.15, 0.2) is 89.8 Å². The number of benzene rings is 3. The van der Waals surface area contributed by atoms with E-state index in [0.717, 1.165) is 16.0 Å². The molecule has 0 saturated carbocycles. The van der Waals surface area contributed by atoms with Crippen LogP contribution in [0.1, 0.15) is 36.9 Å². The lowest BCUT2D eigenvalue weighted by Gasteiger charge is -2.24. The van der Waals surface area contributed by atoms with Gasteiger partial charge in [-0.25, -0.2) is 13.8 Å². The lowest BCUT2D eigenvalue weighted by atomic mass is 10.1. The molecular weight excluding hydrogens is 627 g/mol. The Balaban J connectivity index is 1.16. The molecule has 46 heavy (non-hydrogen) atoms. The highest BCUT2D eigenvalue weighted by Gasteiger charge is 2.31. The van der Waals surface area contributed by atoms with Crippen LogP contribution in [0, 0.1) is 18.6 Å². The monoisotopic (exact) mass is 654 g/mol. The van der Waals surface area contributed by atoms with Crippen LogP contribution in [-0.2, 0) is 24.1 Å². The number of halogens is 2. The molecule has 0 aliphatic carbocycles. The molecule has 2 amide bonds. The molecule has 0 radical (unpaired) electrons. The van der Waals surface area contributed by atoms with Crippen LogP contribution >= 0.6 is 11.3 Å². The maximum Gasteiger partial charge on any atom is 0.276 e. The molecule has 2 aliphatic rings. The SMILES string of the molecule is Cc1cccc(F)c1NC(=O)c1cc2c(s1)-c1ccccc1N(C(=O)c1cccc(N3CC[S+]([O-])c4c(F)cccc4C3)n1)CC2. The van der Waals surface area contributed by atoms with Crippen molar-refractivity contribution in [3.63, 3.8) is 0 Å². The van der Waals surface area contributed by atoms with E-state index < -0.39 is 22.8 Å². The van der Waals surface area contributed by atoms with Gasteiger partial charge in [0, 0.05) is 29.1 Å². The van der Waals surface area contributed by atoms with Crippen molar-refractivity contribution < 1.29 is 22.9 Å². The summed E-state index contributed by atoms with van der Waals surface area (Å²) in [6.45, 7) is 2.81. The summed E-state index contributed by atoms with van der Waals surface area (Å²) in [4.78, 5) is 37.2. The maximum atomic E-state index is 14.5. The number of rotatable bonds is 4. The average molecular weight is 655 g/mol. The van der Waals surface area contributed by atoms with E-state index in [4.69, 9.17) is 4.98 Å². The van der Waals surface area contributed by atoms with E-state index in [1.165, 1.54) is 23.5 Å². The van der Waals surface area contributed by atoms with Gasteiger partial charge in [0.15, 0.2) is 10.7 Å². The number of carbonyl (C=O) groups is 2. The number of carbonyl (C=O) groups excluding carboxylic acids is 2. The number of para-hydroxylation sites is 2. The molecule has 7 rings (SSSR count). The Bertz CT molecular complexity index is 1980. The van der Waals surface area contributed by atoms with Gasteiger partial charge in [0.05, 0.1) is 22.8 Å². The summed E-state index contributed by atoms with van der Waals surface area (Å²) in [5, 5.41) is 2.72. The summed E-state index contributed by atoms with van der Waals surface area (Å²) in [6, 6.07) is 24.0. The maximum absolute atomic E-state index is 14.5. The second-order valence-corrected chi connectivity index (χ2v) is 13.7. The molecule has 4 heterocycles. The van der Waals surface area contributed by atoms with Crippen molar-refractivity contribution in [3.8, 4) is 10.4 Å². The molecule has 0 saturated heterocycles. The van der Waals surface area contributed by atoms with Crippen LogP contribution in [0.2, 0.25) is 0 Å². The first-order chi connectivity index (χ1) is 22.3. The van der Waals surface area contributed by atoms with Crippen LogP contribution in [-0.4, -0.2) is 40.2 Å². The Labute approximate surface area is 271 Å². The molecule has 7 nitrogen and oxygen atoms in total. The number of hydrogen-bond donors (Lipinski definition) is 1. The first kappa shape index (κ1) is 30.1. The number of pyridine rings is 1. The average Bonchev–Trinajstić information content (AvgIpc) is 3.32. The molecule has 2 aliphatic heterocycles. The Hall–Kier alpha value is -4.58. The number of nitrogens with zero attached hydrogens (tertiary/aromatic N) is 3. The molecule has 1 unspecified atom stereocenters. The van der Waals surface area contributed by atoms with E-state index in [-0.39, 0.29) is 33.8 Å². The highest BCUT2D eigenvalue weighted by molar-refractivity contribution is 7.91. The molecule has 0 spiro atoms. The van der Waals surface area contributed by atoms with Gasteiger partial charge in [-0.3, -0.25) is 9.59 Å². The second-order valence-electron chi connectivity index (χ2n) is 11.2. The van der Waals surface area contributed by atoms with Gasteiger partial charge in [0.2, 0.25) is 0 Å². The van der Waals surface area contributed by atoms with Crippen LogP contribution < -0.4 is 15.1 Å². The second kappa shape index (κ2) is 12.3. The lowest BCUT2D eigenvalue weighted by molar-refractivity contribution is 0.0981. The van der Waals surface area contributed by atoms with Gasteiger partial charge >= 0.3 is 0 Å². The number of anilines is 3. The largest absolute Gasteiger partial charge is 0.611 e. The Morgan fingerprint density at radius 1 is 0.935 bits per heavy atom. The van der Waals surface area contributed by atoms with Gasteiger partial charge in [0.1, 0.15) is 23.1 Å². The molecule has 5 aromatic rings. The number of fused-ring (bicyclic) bond motifs is 4. The molecule has 11 heteroatoms. The minimum Gasteiger partial charge on any atom is -0.611 e. The standard InChI is InChI=1S/C35H28F2N4O3S2/c1-21-7-4-10-25(36)31(21)39-34(42)29-19-22-15-16-41(28-13-3-2-9-24(28)32(22)45-29)35(43)27-12-6-14-30(38-27)40-17-18-46(44)33-23(20-40)8-5-11-26(33)37/h2-14,19H,15-18,20H2,1H3,(H,39,42). The van der Waals surface area contributed by atoms with Crippen molar-refractivity contribution in [2.45, 2.75) is 24.8 Å². The van der Waals surface area contributed by atoms with Crippen molar-refractivity contribution in [2.24, 2.45) is 0 Å². The van der Waals surface area contributed by atoms with Crippen LogP contribution in [0.3, 0.4) is 0 Å². The van der Waals surface area contributed by atoms with Crippen molar-refractivity contribution in [1.29, 1.82) is 0 Å². The number of amides is 2. The number of aromatic nitrogens is 1. The normalized spacial score (nSPS) is 15.7. The number of hydrogen-bond acceptors (Lipinski definition) is 6. The summed E-state index contributed by atoms with van der Waals surface area (Å²) in [5.41, 5.74) is 4.13. The third-order valence-electron chi connectivity index (χ3n) is 8.24. The Kier molecular flexibility index (Phi) is 8.06. The highest BCUT2D eigenvalue weighted by Crippen LogP contribution is 2.42. The molecule has 0 bridgehead atoms. The smallest absolute Gasteiger partial charge is 0.276 e. The zero-order valence-corrected chi connectivity index (χ0v) is 26.4. The minimum absolute atomic E-state index is 0.160. The predicted molar refractivity (Wildman–Crippen MR) is 177 cm³/mol. The van der Waals surface area contributed by atoms with Crippen molar-refractivity contribution >= 4 is 51.5 Å². The summed E-state index contributed by atoms with van der Waals surface area (Å²) < 4.78 is 41.7. The lowest BCUT2D eigenvalue weighted by Crippen LogP contribution is -2.34. The number of nitrogens with one attached hydrogen (secondary N) is 1. The van der Waals surface area contributed by atoms with Crippen LogP contribution in [0.25, 0.3) is 10.4 Å². The van der Waals surface area contributed by atoms with Crippen molar-refractivity contribution in [3.05, 3.63) is 124 Å². The topological polar surface area (TPSA) is 88.6 Å². The molecular formula is C35H28F2N4O3S2. The first-order valence-electron chi connectivity index (χ1n) is 14.8. The summed E-state index contributed by atoms with van der Waals surface area (Å²) in [7, 11) is 0. The highest BCUT2D eigenvalue weighted by atomic mass is 32.2. The quantitative estimate of drug-likeness (QED) is 0.211. The molecule has 3 aromatic carbocycles. The first-order valence-corrected chi connectivity index (χ1v) is 16.9. The predicted octanol–water partition coefficient (Wildman–Crippen LogP) is 6.98. The fourth-order valence-electron chi connectivity index (χ4n) is 5.95. The Morgan fingerprint density at radius 2 is 1.72 bits per heavy atom. The fourth-order valence-corrected chi connectivity index (χ4v) is 8.39. The number of aryl methyl sites for hydroxylation is 1. The molecule has 232 valence electrons. The summed E-state index contributed by atoms with van der Waals surface area (Å²) >= 11 is -0.164. The van der Waals surface area contributed by atoms with Crippen LogP contribution in [0.4, 0.5) is 26.0 Å². The Morgan fingerprint density at radius 3 is 2.57 bits per heavy atom. The van der Waals surface area contributed by atoms with E-state index >= 15 is 0 Å². The van der Waals surface area contributed by atoms with E-state index in [2.05, 4.69) is 5.32 Å². The van der Waals surface area contributed by atoms with Gasteiger partial charge in [0.25, 0.3) is 11.8 Å². The summed E-state index contributed by atoms with van der Waals surface area (Å²) in [5.74, 6) is -0.843. The molecule has 2 aromatic heterocycles. The van der Waals surface area contributed by atoms with Gasteiger partial charge in [-0.1, -0.05) is 48.5 Å². The van der Waals surface area contributed by atoms with Gasteiger partial charge in [-0.15, -0.1) is 11.3 Å².